The average Bonchev–Trinajstić information content (AvgIpc) is 2.78. The highest BCUT2D eigenvalue weighted by atomic mass is 35.5. The summed E-state index contributed by atoms with van der Waals surface area (Å²) in [6.07, 6.45) is 0.545. The lowest BCUT2D eigenvalue weighted by atomic mass is 10.2. The Morgan fingerprint density at radius 3 is 2.36 bits per heavy atom. The van der Waals surface area contributed by atoms with Crippen LogP contribution in [0.1, 0.15) is 20.3 Å². The van der Waals surface area contributed by atoms with E-state index >= 15 is 0 Å². The van der Waals surface area contributed by atoms with Gasteiger partial charge >= 0.3 is 11.8 Å². The van der Waals surface area contributed by atoms with Gasteiger partial charge in [-0.1, -0.05) is 11.6 Å². The van der Waals surface area contributed by atoms with Crippen molar-refractivity contribution in [1.82, 2.24) is 4.90 Å². The van der Waals surface area contributed by atoms with Crippen molar-refractivity contribution < 1.29 is 23.8 Å². The molecule has 0 unspecified atom stereocenters. The standard InChI is InChI=1S/C17H21ClN2O5/c1-10-8-20(9-11(2)25-10)17(22)16(21)19-13-7-15-14(6-12(13)18)23-4-3-5-24-15/h6-7,10-11H,3-5,8-9H2,1-2H3,(H,19,21)/t10-,11+. The third-order valence-corrected chi connectivity index (χ3v) is 4.30. The molecule has 0 aromatic heterocycles. The van der Waals surface area contributed by atoms with Crippen molar-refractivity contribution in [1.29, 1.82) is 0 Å². The van der Waals surface area contributed by atoms with E-state index in [1.54, 1.807) is 12.1 Å². The molecule has 2 aliphatic rings. The van der Waals surface area contributed by atoms with Gasteiger partial charge in [-0.05, 0) is 13.8 Å². The van der Waals surface area contributed by atoms with Gasteiger partial charge in [0.05, 0.1) is 36.1 Å². The first kappa shape index (κ1) is 17.8. The van der Waals surface area contributed by atoms with Gasteiger partial charge < -0.3 is 24.4 Å². The Kier molecular flexibility index (Phi) is 5.34. The summed E-state index contributed by atoms with van der Waals surface area (Å²) in [6.45, 7) is 5.56. The number of nitrogens with zero attached hydrogens (tertiary/aromatic N) is 1. The number of anilines is 1. The van der Waals surface area contributed by atoms with E-state index in [1.165, 1.54) is 4.90 Å². The molecule has 0 aliphatic carbocycles. The lowest BCUT2D eigenvalue weighted by molar-refractivity contribution is -0.151. The lowest BCUT2D eigenvalue weighted by Crippen LogP contribution is -2.51. The summed E-state index contributed by atoms with van der Waals surface area (Å²) in [5.41, 5.74) is 0.318. The summed E-state index contributed by atoms with van der Waals surface area (Å²) in [4.78, 5) is 26.2. The zero-order chi connectivity index (χ0) is 18.0. The smallest absolute Gasteiger partial charge is 0.313 e. The van der Waals surface area contributed by atoms with Crippen LogP contribution in [0.3, 0.4) is 0 Å². The molecule has 3 rings (SSSR count). The monoisotopic (exact) mass is 368 g/mol. The number of carbonyl (C=O) groups is 2. The Balaban J connectivity index is 1.72. The van der Waals surface area contributed by atoms with Crippen LogP contribution in [0.5, 0.6) is 11.5 Å². The van der Waals surface area contributed by atoms with Gasteiger partial charge in [-0.25, -0.2) is 0 Å². The number of benzene rings is 1. The second kappa shape index (κ2) is 7.49. The predicted octanol–water partition coefficient (Wildman–Crippen LogP) is 2.08. The molecule has 1 aromatic carbocycles. The fourth-order valence-corrected chi connectivity index (χ4v) is 3.14. The number of amides is 2. The van der Waals surface area contributed by atoms with Crippen LogP contribution < -0.4 is 14.8 Å². The minimum atomic E-state index is -0.738. The topological polar surface area (TPSA) is 77.1 Å². The number of hydrogen-bond donors (Lipinski definition) is 1. The Hall–Kier alpha value is -1.99. The maximum absolute atomic E-state index is 12.4. The van der Waals surface area contributed by atoms with Crippen molar-refractivity contribution >= 4 is 29.1 Å². The van der Waals surface area contributed by atoms with E-state index in [-0.39, 0.29) is 17.2 Å². The third kappa shape index (κ3) is 4.16. The average molecular weight is 369 g/mol. The quantitative estimate of drug-likeness (QED) is 0.768. The predicted molar refractivity (Wildman–Crippen MR) is 92.3 cm³/mol. The van der Waals surface area contributed by atoms with E-state index in [0.29, 0.717) is 43.5 Å². The Morgan fingerprint density at radius 2 is 1.72 bits per heavy atom. The molecular weight excluding hydrogens is 348 g/mol. The van der Waals surface area contributed by atoms with Crippen LogP contribution in [0.25, 0.3) is 0 Å². The second-order valence-electron chi connectivity index (χ2n) is 6.25. The summed E-state index contributed by atoms with van der Waals surface area (Å²) in [5, 5.41) is 2.86. The van der Waals surface area contributed by atoms with E-state index in [0.717, 1.165) is 6.42 Å². The van der Waals surface area contributed by atoms with Gasteiger partial charge in [0.25, 0.3) is 0 Å². The van der Waals surface area contributed by atoms with E-state index < -0.39 is 11.8 Å². The SMILES string of the molecule is C[C@@H]1CN(C(=O)C(=O)Nc2cc3c(cc2Cl)OCCCO3)C[C@H](C)O1. The molecule has 1 N–H and O–H groups in total. The molecule has 2 amide bonds. The number of ether oxygens (including phenoxy) is 3. The summed E-state index contributed by atoms with van der Waals surface area (Å²) in [5.74, 6) is -0.316. The zero-order valence-corrected chi connectivity index (χ0v) is 15.0. The first-order valence-corrected chi connectivity index (χ1v) is 8.66. The molecule has 2 atom stereocenters. The van der Waals surface area contributed by atoms with E-state index in [9.17, 15) is 9.59 Å². The Morgan fingerprint density at radius 1 is 1.12 bits per heavy atom. The largest absolute Gasteiger partial charge is 0.490 e. The van der Waals surface area contributed by atoms with Crippen LogP contribution >= 0.6 is 11.6 Å². The number of rotatable bonds is 1. The van der Waals surface area contributed by atoms with Gasteiger partial charge in [-0.15, -0.1) is 0 Å². The maximum Gasteiger partial charge on any atom is 0.313 e. The number of halogens is 1. The fraction of sp³-hybridized carbons (Fsp3) is 0.529. The number of fused-ring (bicyclic) bond motifs is 1. The molecule has 8 heteroatoms. The van der Waals surface area contributed by atoms with Gasteiger partial charge in [0.15, 0.2) is 11.5 Å². The van der Waals surface area contributed by atoms with Gasteiger partial charge in [-0.2, -0.15) is 0 Å². The molecule has 2 aliphatic heterocycles. The molecular formula is C17H21ClN2O5. The molecule has 25 heavy (non-hydrogen) atoms. The van der Waals surface area contributed by atoms with Crippen LogP contribution in [-0.2, 0) is 14.3 Å². The Bertz CT molecular complexity index is 671. The van der Waals surface area contributed by atoms with Crippen molar-refractivity contribution in [3.63, 3.8) is 0 Å². The van der Waals surface area contributed by atoms with Crippen molar-refractivity contribution in [2.45, 2.75) is 32.5 Å². The number of nitrogens with one attached hydrogen (secondary N) is 1. The van der Waals surface area contributed by atoms with Crippen LogP contribution in [0.2, 0.25) is 5.02 Å². The summed E-state index contributed by atoms with van der Waals surface area (Å²) in [7, 11) is 0. The van der Waals surface area contributed by atoms with E-state index in [1.807, 2.05) is 13.8 Å². The highest BCUT2D eigenvalue weighted by Crippen LogP contribution is 2.37. The number of carbonyl (C=O) groups excluding carboxylic acids is 2. The number of morpholine rings is 1. The molecule has 136 valence electrons. The first-order chi connectivity index (χ1) is 11.9. The molecule has 0 radical (unpaired) electrons. The summed E-state index contributed by atoms with van der Waals surface area (Å²) < 4.78 is 16.7. The van der Waals surface area contributed by atoms with Crippen molar-refractivity contribution in [3.8, 4) is 11.5 Å². The second-order valence-corrected chi connectivity index (χ2v) is 6.66. The minimum absolute atomic E-state index is 0.109. The molecule has 1 saturated heterocycles. The molecule has 2 heterocycles. The van der Waals surface area contributed by atoms with Crippen LogP contribution in [0.15, 0.2) is 12.1 Å². The number of hydrogen-bond acceptors (Lipinski definition) is 5. The van der Waals surface area contributed by atoms with Gasteiger partial charge in [0.1, 0.15) is 0 Å². The molecule has 0 bridgehead atoms. The van der Waals surface area contributed by atoms with Crippen molar-refractivity contribution in [3.05, 3.63) is 17.2 Å². The summed E-state index contributed by atoms with van der Waals surface area (Å²) >= 11 is 6.20. The van der Waals surface area contributed by atoms with E-state index in [2.05, 4.69) is 5.32 Å². The zero-order valence-electron chi connectivity index (χ0n) is 14.2. The first-order valence-electron chi connectivity index (χ1n) is 8.29. The van der Waals surface area contributed by atoms with Gasteiger partial charge in [0.2, 0.25) is 0 Å². The van der Waals surface area contributed by atoms with Gasteiger partial charge in [0, 0.05) is 31.6 Å². The maximum atomic E-state index is 12.4. The summed E-state index contributed by atoms with van der Waals surface area (Å²) in [6, 6.07) is 3.17. The molecule has 0 saturated carbocycles. The van der Waals surface area contributed by atoms with E-state index in [4.69, 9.17) is 25.8 Å². The Labute approximate surface area is 151 Å². The van der Waals surface area contributed by atoms with Crippen LogP contribution in [-0.4, -0.2) is 55.2 Å². The van der Waals surface area contributed by atoms with Crippen LogP contribution in [0, 0.1) is 0 Å². The molecule has 1 aromatic rings. The minimum Gasteiger partial charge on any atom is -0.490 e. The highest BCUT2D eigenvalue weighted by Gasteiger charge is 2.30. The normalized spacial score (nSPS) is 22.9. The highest BCUT2D eigenvalue weighted by molar-refractivity contribution is 6.41. The molecule has 7 nitrogen and oxygen atoms in total. The molecule has 1 fully saturated rings. The van der Waals surface area contributed by atoms with Crippen molar-refractivity contribution in [2.75, 3.05) is 31.6 Å². The lowest BCUT2D eigenvalue weighted by Gasteiger charge is -2.34. The van der Waals surface area contributed by atoms with Crippen molar-refractivity contribution in [2.24, 2.45) is 0 Å². The third-order valence-electron chi connectivity index (χ3n) is 3.99. The van der Waals surface area contributed by atoms with Gasteiger partial charge in [-0.3, -0.25) is 9.59 Å². The fourth-order valence-electron chi connectivity index (χ4n) is 2.94. The molecule has 0 spiro atoms. The van der Waals surface area contributed by atoms with Crippen LogP contribution in [0.4, 0.5) is 5.69 Å².